The Morgan fingerprint density at radius 3 is 1.60 bits per heavy atom. The number of rotatable bonds is 3. The second kappa shape index (κ2) is 9.14. The van der Waals surface area contributed by atoms with Crippen molar-refractivity contribution in [1.29, 1.82) is 0 Å². The van der Waals surface area contributed by atoms with Gasteiger partial charge in [-0.25, -0.2) is 4.98 Å². The summed E-state index contributed by atoms with van der Waals surface area (Å²) in [6.45, 7) is 0. The number of fused-ring (bicyclic) bond motifs is 5. The highest BCUT2D eigenvalue weighted by molar-refractivity contribution is 6.16. The van der Waals surface area contributed by atoms with Crippen molar-refractivity contribution in [3.63, 3.8) is 0 Å². The summed E-state index contributed by atoms with van der Waals surface area (Å²) in [5.74, 6) is 0. The number of benzene rings is 6. The van der Waals surface area contributed by atoms with Crippen LogP contribution >= 0.6 is 0 Å². The van der Waals surface area contributed by atoms with Crippen molar-refractivity contribution >= 4 is 43.4 Å². The fraction of sp³-hybridized carbons (Fsp3) is 0. The Bertz CT molecular complexity index is 2150. The van der Waals surface area contributed by atoms with Gasteiger partial charge in [-0.1, -0.05) is 121 Å². The predicted molar refractivity (Wildman–Crippen MR) is 168 cm³/mol. The van der Waals surface area contributed by atoms with Crippen LogP contribution in [0.15, 0.2) is 146 Å². The van der Waals surface area contributed by atoms with Gasteiger partial charge in [-0.3, -0.25) is 4.98 Å². The number of hydrogen-bond acceptors (Lipinski definition) is 2. The molecule has 40 heavy (non-hydrogen) atoms. The molecule has 2 aromatic heterocycles. The highest BCUT2D eigenvalue weighted by atomic mass is 14.8. The van der Waals surface area contributed by atoms with Crippen LogP contribution in [0.4, 0.5) is 0 Å². The van der Waals surface area contributed by atoms with Gasteiger partial charge in [0.2, 0.25) is 0 Å². The van der Waals surface area contributed by atoms with Crippen LogP contribution in [0.1, 0.15) is 0 Å². The Morgan fingerprint density at radius 1 is 0.400 bits per heavy atom. The van der Waals surface area contributed by atoms with E-state index in [1.165, 1.54) is 32.7 Å². The van der Waals surface area contributed by atoms with Gasteiger partial charge in [-0.05, 0) is 62.0 Å². The third kappa shape index (κ3) is 3.58. The standard InChI is InChI=1S/C38H24N2/c1-3-11-25(12-4-1)29-21-22-39-37-32(29)19-20-33-34(26-13-5-2-6-14-26)24-35(40-38(33)37)36-30-17-9-7-15-27(30)23-28-16-8-10-18-31(28)36/h1-24H. The molecule has 0 bridgehead atoms. The van der Waals surface area contributed by atoms with Crippen LogP contribution in [0.3, 0.4) is 0 Å². The smallest absolute Gasteiger partial charge is 0.0978 e. The van der Waals surface area contributed by atoms with Gasteiger partial charge in [0.1, 0.15) is 0 Å². The second-order valence-electron chi connectivity index (χ2n) is 10.2. The van der Waals surface area contributed by atoms with Crippen molar-refractivity contribution in [1.82, 2.24) is 9.97 Å². The van der Waals surface area contributed by atoms with Gasteiger partial charge in [-0.2, -0.15) is 0 Å². The van der Waals surface area contributed by atoms with Crippen LogP contribution in [0, 0.1) is 0 Å². The van der Waals surface area contributed by atoms with E-state index < -0.39 is 0 Å². The monoisotopic (exact) mass is 508 g/mol. The molecule has 0 radical (unpaired) electrons. The molecule has 8 rings (SSSR count). The molecule has 0 saturated carbocycles. The zero-order chi connectivity index (χ0) is 26.5. The van der Waals surface area contributed by atoms with Gasteiger partial charge in [0, 0.05) is 22.5 Å². The van der Waals surface area contributed by atoms with Gasteiger partial charge < -0.3 is 0 Å². The fourth-order valence-corrected chi connectivity index (χ4v) is 6.05. The van der Waals surface area contributed by atoms with E-state index in [4.69, 9.17) is 9.97 Å². The Kier molecular flexibility index (Phi) is 5.17. The molecule has 0 aliphatic heterocycles. The molecule has 0 fully saturated rings. The van der Waals surface area contributed by atoms with E-state index >= 15 is 0 Å². The Balaban J connectivity index is 1.53. The number of hydrogen-bond donors (Lipinski definition) is 0. The maximum atomic E-state index is 5.43. The van der Waals surface area contributed by atoms with Crippen LogP contribution < -0.4 is 0 Å². The summed E-state index contributed by atoms with van der Waals surface area (Å²) in [6, 6.07) is 49.4. The third-order valence-electron chi connectivity index (χ3n) is 7.89. The van der Waals surface area contributed by atoms with Crippen molar-refractivity contribution in [2.45, 2.75) is 0 Å². The van der Waals surface area contributed by atoms with Crippen molar-refractivity contribution < 1.29 is 0 Å². The number of nitrogens with zero attached hydrogens (tertiary/aromatic N) is 2. The second-order valence-corrected chi connectivity index (χ2v) is 10.2. The van der Waals surface area contributed by atoms with Gasteiger partial charge in [0.15, 0.2) is 0 Å². The minimum Gasteiger partial charge on any atom is -0.254 e. The van der Waals surface area contributed by atoms with E-state index in [1.54, 1.807) is 0 Å². The summed E-state index contributed by atoms with van der Waals surface area (Å²) in [5.41, 5.74) is 8.62. The molecular formula is C38H24N2. The lowest BCUT2D eigenvalue weighted by molar-refractivity contribution is 1.37. The molecular weight excluding hydrogens is 484 g/mol. The number of pyridine rings is 2. The average molecular weight is 509 g/mol. The lowest BCUT2D eigenvalue weighted by Crippen LogP contribution is -1.95. The van der Waals surface area contributed by atoms with Crippen molar-refractivity contribution in [3.05, 3.63) is 146 Å². The van der Waals surface area contributed by atoms with E-state index in [0.717, 1.165) is 44.2 Å². The van der Waals surface area contributed by atoms with Crippen LogP contribution in [0.25, 0.3) is 76.9 Å². The first-order valence-electron chi connectivity index (χ1n) is 13.6. The molecule has 2 nitrogen and oxygen atoms in total. The topological polar surface area (TPSA) is 25.8 Å². The van der Waals surface area contributed by atoms with Crippen molar-refractivity contribution in [2.24, 2.45) is 0 Å². The lowest BCUT2D eigenvalue weighted by Gasteiger charge is -2.16. The summed E-state index contributed by atoms with van der Waals surface area (Å²) >= 11 is 0. The van der Waals surface area contributed by atoms with Gasteiger partial charge in [0.05, 0.1) is 16.7 Å². The molecule has 0 aliphatic rings. The quantitative estimate of drug-likeness (QED) is 0.175. The Labute approximate surface area is 232 Å². The van der Waals surface area contributed by atoms with E-state index in [0.29, 0.717) is 0 Å². The molecule has 0 amide bonds. The van der Waals surface area contributed by atoms with E-state index in [-0.39, 0.29) is 0 Å². The summed E-state index contributed by atoms with van der Waals surface area (Å²) in [4.78, 5) is 10.4. The summed E-state index contributed by atoms with van der Waals surface area (Å²) in [6.07, 6.45) is 1.91. The molecule has 0 spiro atoms. The molecule has 2 heterocycles. The zero-order valence-corrected chi connectivity index (χ0v) is 21.8. The van der Waals surface area contributed by atoms with Crippen LogP contribution in [0.2, 0.25) is 0 Å². The molecule has 6 aromatic carbocycles. The van der Waals surface area contributed by atoms with Crippen molar-refractivity contribution in [3.8, 4) is 33.5 Å². The first-order valence-corrected chi connectivity index (χ1v) is 13.6. The van der Waals surface area contributed by atoms with E-state index in [2.05, 4.69) is 140 Å². The fourth-order valence-electron chi connectivity index (χ4n) is 6.05. The van der Waals surface area contributed by atoms with Crippen LogP contribution in [-0.4, -0.2) is 9.97 Å². The summed E-state index contributed by atoms with van der Waals surface area (Å²) in [7, 11) is 0. The zero-order valence-electron chi connectivity index (χ0n) is 21.8. The maximum absolute atomic E-state index is 5.43. The number of aromatic nitrogens is 2. The first-order chi connectivity index (χ1) is 19.8. The van der Waals surface area contributed by atoms with E-state index in [1.807, 2.05) is 6.20 Å². The first kappa shape index (κ1) is 22.6. The molecule has 0 unspecified atom stereocenters. The average Bonchev–Trinajstić information content (AvgIpc) is 3.03. The highest BCUT2D eigenvalue weighted by Crippen LogP contribution is 2.41. The SMILES string of the molecule is c1ccc(-c2ccnc3c2ccc2c(-c4ccccc4)cc(-c4c5ccccc5cc5ccccc45)nc23)cc1. The predicted octanol–water partition coefficient (Wildman–Crippen LogP) is 10.1. The van der Waals surface area contributed by atoms with Crippen LogP contribution in [-0.2, 0) is 0 Å². The summed E-state index contributed by atoms with van der Waals surface area (Å²) in [5, 5.41) is 7.02. The molecule has 0 aliphatic carbocycles. The van der Waals surface area contributed by atoms with E-state index in [9.17, 15) is 0 Å². The highest BCUT2D eigenvalue weighted by Gasteiger charge is 2.17. The Hall–Kier alpha value is -5.34. The maximum Gasteiger partial charge on any atom is 0.0978 e. The molecule has 8 aromatic rings. The third-order valence-corrected chi connectivity index (χ3v) is 7.89. The minimum atomic E-state index is 0.919. The Morgan fingerprint density at radius 2 is 0.950 bits per heavy atom. The normalized spacial score (nSPS) is 11.5. The summed E-state index contributed by atoms with van der Waals surface area (Å²) < 4.78 is 0. The van der Waals surface area contributed by atoms with Crippen LogP contribution in [0.5, 0.6) is 0 Å². The molecule has 0 saturated heterocycles. The van der Waals surface area contributed by atoms with Gasteiger partial charge in [-0.15, -0.1) is 0 Å². The molecule has 0 atom stereocenters. The molecule has 2 heteroatoms. The molecule has 186 valence electrons. The largest absolute Gasteiger partial charge is 0.254 e. The van der Waals surface area contributed by atoms with Crippen molar-refractivity contribution in [2.75, 3.05) is 0 Å². The van der Waals surface area contributed by atoms with Gasteiger partial charge >= 0.3 is 0 Å². The lowest BCUT2D eigenvalue weighted by atomic mass is 9.91. The van der Waals surface area contributed by atoms with Gasteiger partial charge in [0.25, 0.3) is 0 Å². The molecule has 0 N–H and O–H groups in total. The minimum absolute atomic E-state index is 0.919.